The number of nitrogens with zero attached hydrogens (tertiary/aromatic N) is 4. The Balaban J connectivity index is 0.000000641. The summed E-state index contributed by atoms with van der Waals surface area (Å²) < 4.78 is 32.1. The smallest absolute Gasteiger partial charge is 0.414 e. The second-order valence-electron chi connectivity index (χ2n) is 7.72. The summed E-state index contributed by atoms with van der Waals surface area (Å²) in [4.78, 5) is 44.3. The van der Waals surface area contributed by atoms with Crippen LogP contribution in [0.15, 0.2) is 29.2 Å². The zero-order chi connectivity index (χ0) is 26.2. The highest BCUT2D eigenvalue weighted by atomic mass is 32.2. The van der Waals surface area contributed by atoms with Crippen molar-refractivity contribution in [3.8, 4) is 0 Å². The lowest BCUT2D eigenvalue weighted by Gasteiger charge is -2.42. The molecular weight excluding hydrogens is 488 g/mol. The number of non-ortho nitro benzene ring substituents is 1. The molecule has 0 aliphatic carbocycles. The summed E-state index contributed by atoms with van der Waals surface area (Å²) in [6.07, 6.45) is 1.41. The first-order chi connectivity index (χ1) is 16.5. The standard InChI is InChI=1S/C18H26N4O6S.C2H2O4/c1-2-28-18(23)20-9-7-15(8-10-20)19-11-13-21(14-12-19)29(26,27)17-5-3-16(4-6-17)22(24)25;3-1(4)2(5)6/h3-6,15H,2,7-14H2,1H3;(H,3,4)(H,5,6). The topological polar surface area (TPSA) is 188 Å². The fourth-order valence-electron chi connectivity index (χ4n) is 3.83. The Kier molecular flexibility index (Phi) is 9.91. The lowest BCUT2D eigenvalue weighted by atomic mass is 10.0. The molecule has 0 spiro atoms. The summed E-state index contributed by atoms with van der Waals surface area (Å²) in [5.74, 6) is -3.65. The quantitative estimate of drug-likeness (QED) is 0.318. The number of nitro groups is 1. The van der Waals surface area contributed by atoms with Crippen LogP contribution in [0.3, 0.4) is 0 Å². The fraction of sp³-hybridized carbons (Fsp3) is 0.550. The van der Waals surface area contributed by atoms with Crippen molar-refractivity contribution in [3.63, 3.8) is 0 Å². The number of benzene rings is 1. The van der Waals surface area contributed by atoms with Crippen LogP contribution in [0.2, 0.25) is 0 Å². The van der Waals surface area contributed by atoms with Crippen LogP contribution in [-0.4, -0.2) is 108 Å². The van der Waals surface area contributed by atoms with Crippen LogP contribution in [0.25, 0.3) is 0 Å². The second-order valence-corrected chi connectivity index (χ2v) is 9.66. The van der Waals surface area contributed by atoms with E-state index in [1.165, 1.54) is 28.6 Å². The Labute approximate surface area is 201 Å². The summed E-state index contributed by atoms with van der Waals surface area (Å²) in [5, 5.41) is 25.5. The molecule has 1 aromatic rings. The van der Waals surface area contributed by atoms with Crippen molar-refractivity contribution in [3.05, 3.63) is 34.4 Å². The van der Waals surface area contributed by atoms with Gasteiger partial charge in [-0.05, 0) is 31.9 Å². The van der Waals surface area contributed by atoms with Crippen LogP contribution in [0, 0.1) is 10.1 Å². The number of rotatable bonds is 5. The highest BCUT2D eigenvalue weighted by Gasteiger charge is 2.33. The number of carboxylic acid groups (broad SMARTS) is 2. The van der Waals surface area contributed by atoms with Crippen molar-refractivity contribution in [2.75, 3.05) is 45.9 Å². The van der Waals surface area contributed by atoms with E-state index < -0.39 is 26.9 Å². The zero-order valence-corrected chi connectivity index (χ0v) is 19.9. The molecule has 2 aliphatic heterocycles. The summed E-state index contributed by atoms with van der Waals surface area (Å²) in [6, 6.07) is 5.31. The van der Waals surface area contributed by atoms with E-state index in [0.717, 1.165) is 12.8 Å². The third kappa shape index (κ3) is 7.60. The summed E-state index contributed by atoms with van der Waals surface area (Å²) >= 11 is 0. The highest BCUT2D eigenvalue weighted by molar-refractivity contribution is 7.89. The van der Waals surface area contributed by atoms with Crippen molar-refractivity contribution in [1.82, 2.24) is 14.1 Å². The number of likely N-dealkylation sites (tertiary alicyclic amines) is 1. The largest absolute Gasteiger partial charge is 0.473 e. The first-order valence-electron chi connectivity index (χ1n) is 10.8. The second kappa shape index (κ2) is 12.4. The molecule has 0 radical (unpaired) electrons. The normalized spacial score (nSPS) is 17.7. The van der Waals surface area contributed by atoms with Gasteiger partial charge >= 0.3 is 18.0 Å². The van der Waals surface area contributed by atoms with Gasteiger partial charge in [0.2, 0.25) is 10.0 Å². The first-order valence-corrected chi connectivity index (χ1v) is 12.3. The van der Waals surface area contributed by atoms with Crippen LogP contribution in [0.1, 0.15) is 19.8 Å². The molecule has 0 atom stereocenters. The maximum absolute atomic E-state index is 12.8. The van der Waals surface area contributed by atoms with E-state index in [9.17, 15) is 23.3 Å². The van der Waals surface area contributed by atoms with Crippen molar-refractivity contribution in [2.24, 2.45) is 0 Å². The number of carbonyl (C=O) groups is 3. The van der Waals surface area contributed by atoms with Gasteiger partial charge in [-0.25, -0.2) is 22.8 Å². The summed E-state index contributed by atoms with van der Waals surface area (Å²) in [6.45, 7) is 5.43. The van der Waals surface area contributed by atoms with Gasteiger partial charge < -0.3 is 19.8 Å². The van der Waals surface area contributed by atoms with E-state index in [-0.39, 0.29) is 16.7 Å². The Hall–Kier alpha value is -3.30. The van der Waals surface area contributed by atoms with Gasteiger partial charge in [-0.2, -0.15) is 4.31 Å². The van der Waals surface area contributed by atoms with Gasteiger partial charge in [0.1, 0.15) is 0 Å². The third-order valence-electron chi connectivity index (χ3n) is 5.65. The number of amides is 1. The highest BCUT2D eigenvalue weighted by Crippen LogP contribution is 2.23. The molecule has 2 fully saturated rings. The van der Waals surface area contributed by atoms with Gasteiger partial charge in [-0.1, -0.05) is 0 Å². The average Bonchev–Trinajstić information content (AvgIpc) is 2.84. The molecule has 1 amide bonds. The van der Waals surface area contributed by atoms with Gasteiger partial charge in [-0.3, -0.25) is 15.0 Å². The SMILES string of the molecule is CCOC(=O)N1CCC(N2CCN(S(=O)(=O)c3ccc([N+](=O)[O-])cc3)CC2)CC1.O=C(O)C(=O)O. The van der Waals surface area contributed by atoms with Crippen LogP contribution in [0.5, 0.6) is 0 Å². The minimum atomic E-state index is -3.67. The number of hydrogen-bond acceptors (Lipinski definition) is 9. The number of aliphatic carboxylic acids is 2. The molecule has 3 rings (SSSR count). The molecule has 0 aromatic heterocycles. The summed E-state index contributed by atoms with van der Waals surface area (Å²) in [7, 11) is -3.67. The number of piperidine rings is 1. The lowest BCUT2D eigenvalue weighted by molar-refractivity contribution is -0.384. The van der Waals surface area contributed by atoms with Crippen LogP contribution < -0.4 is 0 Å². The molecule has 194 valence electrons. The molecule has 14 nitrogen and oxygen atoms in total. The first kappa shape index (κ1) is 27.9. The molecular formula is C20H28N4O10S. The molecule has 0 bridgehead atoms. The van der Waals surface area contributed by atoms with Crippen molar-refractivity contribution in [1.29, 1.82) is 0 Å². The summed E-state index contributed by atoms with van der Waals surface area (Å²) in [5.41, 5.74) is -0.136. The van der Waals surface area contributed by atoms with E-state index in [2.05, 4.69) is 4.90 Å². The van der Waals surface area contributed by atoms with Crippen molar-refractivity contribution >= 4 is 33.7 Å². The van der Waals surface area contributed by atoms with E-state index in [0.29, 0.717) is 51.9 Å². The molecule has 2 saturated heterocycles. The molecule has 2 heterocycles. The van der Waals surface area contributed by atoms with Gasteiger partial charge in [0.15, 0.2) is 0 Å². The third-order valence-corrected chi connectivity index (χ3v) is 7.56. The number of hydrogen-bond donors (Lipinski definition) is 2. The van der Waals surface area contributed by atoms with Gasteiger partial charge in [0, 0.05) is 57.4 Å². The van der Waals surface area contributed by atoms with Crippen molar-refractivity contribution < 1.29 is 42.7 Å². The minimum Gasteiger partial charge on any atom is -0.473 e. The van der Waals surface area contributed by atoms with Crippen LogP contribution >= 0.6 is 0 Å². The van der Waals surface area contributed by atoms with Gasteiger partial charge in [0.25, 0.3) is 5.69 Å². The molecule has 1 aromatic carbocycles. The fourth-order valence-corrected chi connectivity index (χ4v) is 5.25. The van der Waals surface area contributed by atoms with Crippen molar-refractivity contribution in [2.45, 2.75) is 30.7 Å². The number of carbonyl (C=O) groups excluding carboxylic acids is 1. The average molecular weight is 517 g/mol. The molecule has 15 heteroatoms. The van der Waals surface area contributed by atoms with Crippen LogP contribution in [-0.2, 0) is 24.3 Å². The monoisotopic (exact) mass is 516 g/mol. The maximum atomic E-state index is 12.8. The zero-order valence-electron chi connectivity index (χ0n) is 19.1. The number of ether oxygens (including phenoxy) is 1. The number of nitro benzene ring substituents is 1. The number of piperazine rings is 1. The predicted molar refractivity (Wildman–Crippen MR) is 120 cm³/mol. The van der Waals surface area contributed by atoms with E-state index >= 15 is 0 Å². The Bertz CT molecular complexity index is 1000. The van der Waals surface area contributed by atoms with Gasteiger partial charge in [-0.15, -0.1) is 0 Å². The Morgan fingerprint density at radius 1 is 1.00 bits per heavy atom. The predicted octanol–water partition coefficient (Wildman–Crippen LogP) is 0.678. The minimum absolute atomic E-state index is 0.0688. The van der Waals surface area contributed by atoms with Gasteiger partial charge in [0.05, 0.1) is 16.4 Å². The molecule has 2 aliphatic rings. The molecule has 35 heavy (non-hydrogen) atoms. The Morgan fingerprint density at radius 2 is 1.51 bits per heavy atom. The maximum Gasteiger partial charge on any atom is 0.414 e. The molecule has 0 saturated carbocycles. The molecule has 2 N–H and O–H groups in total. The Morgan fingerprint density at radius 3 is 1.94 bits per heavy atom. The number of sulfonamides is 1. The van der Waals surface area contributed by atoms with E-state index in [4.69, 9.17) is 24.5 Å². The van der Waals surface area contributed by atoms with E-state index in [1.807, 2.05) is 0 Å². The van der Waals surface area contributed by atoms with Crippen LogP contribution in [0.4, 0.5) is 10.5 Å². The number of carboxylic acids is 2. The molecule has 0 unspecified atom stereocenters. The lowest BCUT2D eigenvalue weighted by Crippen LogP contribution is -2.54. The van der Waals surface area contributed by atoms with E-state index in [1.54, 1.807) is 11.8 Å².